The summed E-state index contributed by atoms with van der Waals surface area (Å²) in [6.07, 6.45) is 12.9. The largest absolute Gasteiger partial charge is 0.491 e. The standard InChI is InChI=1S/C34H34N4O/c1-23(2)9-5-4-8-18-39-34-32-22-30-17-15-28(37-30)20-26-13-12-25(35-26)19-27-14-16-29(36-27)21-31(38-32)33(34)24-10-6-3-7-11-24/h3,6-7,10-17,19-23,35,38H,4-5,8-9,18H2,1-2H3. The summed E-state index contributed by atoms with van der Waals surface area (Å²) in [6, 6.07) is 22.9. The molecule has 0 unspecified atom stereocenters. The Kier molecular flexibility index (Phi) is 7.13. The van der Waals surface area contributed by atoms with Gasteiger partial charge >= 0.3 is 0 Å². The van der Waals surface area contributed by atoms with Crippen LogP contribution in [0.25, 0.3) is 57.5 Å². The summed E-state index contributed by atoms with van der Waals surface area (Å²) in [5.41, 5.74) is 9.65. The molecule has 39 heavy (non-hydrogen) atoms. The lowest BCUT2D eigenvalue weighted by Crippen LogP contribution is -1.98. The molecule has 2 N–H and O–H groups in total. The molecule has 0 fully saturated rings. The van der Waals surface area contributed by atoms with Gasteiger partial charge in [-0.1, -0.05) is 63.4 Å². The predicted octanol–water partition coefficient (Wildman–Crippen LogP) is 8.92. The van der Waals surface area contributed by atoms with Crippen molar-refractivity contribution in [1.29, 1.82) is 0 Å². The molecular weight excluding hydrogens is 480 g/mol. The summed E-state index contributed by atoms with van der Waals surface area (Å²) in [4.78, 5) is 16.8. The van der Waals surface area contributed by atoms with Crippen LogP contribution >= 0.6 is 0 Å². The summed E-state index contributed by atoms with van der Waals surface area (Å²) in [7, 11) is 0. The summed E-state index contributed by atoms with van der Waals surface area (Å²) in [5, 5.41) is 0. The molecule has 0 atom stereocenters. The third kappa shape index (κ3) is 5.88. The Morgan fingerprint density at radius 2 is 1.28 bits per heavy atom. The summed E-state index contributed by atoms with van der Waals surface area (Å²) in [6.45, 7) is 5.24. The van der Waals surface area contributed by atoms with E-state index >= 15 is 0 Å². The average Bonchev–Trinajstić information content (AvgIpc) is 3.72. The lowest BCUT2D eigenvalue weighted by atomic mass is 10.1. The first-order valence-corrected chi connectivity index (χ1v) is 13.9. The highest BCUT2D eigenvalue weighted by atomic mass is 16.5. The number of ether oxygens (including phenoxy) is 1. The first-order chi connectivity index (χ1) is 19.1. The fourth-order valence-corrected chi connectivity index (χ4v) is 5.10. The number of hydrogen-bond donors (Lipinski definition) is 2. The number of benzene rings is 1. The number of aromatic nitrogens is 4. The fraction of sp³-hybridized carbons (Fsp3) is 0.235. The Labute approximate surface area is 229 Å². The normalized spacial score (nSPS) is 12.4. The Morgan fingerprint density at radius 1 is 0.667 bits per heavy atom. The molecule has 5 heteroatoms. The number of nitrogens with zero attached hydrogens (tertiary/aromatic N) is 2. The van der Waals surface area contributed by atoms with Crippen LogP contribution in [0, 0.1) is 5.92 Å². The van der Waals surface area contributed by atoms with Crippen molar-refractivity contribution in [3.05, 3.63) is 89.5 Å². The van der Waals surface area contributed by atoms with Gasteiger partial charge in [0.05, 0.1) is 40.4 Å². The van der Waals surface area contributed by atoms with Crippen LogP contribution in [0.3, 0.4) is 0 Å². The van der Waals surface area contributed by atoms with Crippen LogP contribution in [-0.2, 0) is 0 Å². The molecule has 2 aliphatic rings. The fourth-order valence-electron chi connectivity index (χ4n) is 5.10. The molecule has 1 aromatic carbocycles. The van der Waals surface area contributed by atoms with Gasteiger partial charge in [0.2, 0.25) is 0 Å². The Bertz CT molecular complexity index is 1690. The van der Waals surface area contributed by atoms with Crippen LogP contribution < -0.4 is 4.74 Å². The molecule has 5 heterocycles. The number of H-pyrrole nitrogens is 2. The van der Waals surface area contributed by atoms with Crippen LogP contribution in [0.2, 0.25) is 0 Å². The van der Waals surface area contributed by atoms with Crippen molar-refractivity contribution in [2.75, 3.05) is 6.61 Å². The monoisotopic (exact) mass is 514 g/mol. The Morgan fingerprint density at radius 3 is 1.92 bits per heavy atom. The molecule has 6 rings (SSSR count). The third-order valence-electron chi connectivity index (χ3n) is 7.03. The van der Waals surface area contributed by atoms with Crippen molar-refractivity contribution in [2.45, 2.75) is 39.5 Å². The van der Waals surface area contributed by atoms with Gasteiger partial charge in [-0.3, -0.25) is 0 Å². The van der Waals surface area contributed by atoms with Gasteiger partial charge in [-0.05, 0) is 78.6 Å². The van der Waals surface area contributed by atoms with Crippen LogP contribution in [0.4, 0.5) is 0 Å². The van der Waals surface area contributed by atoms with Gasteiger partial charge in [0, 0.05) is 16.6 Å². The number of fused-ring (bicyclic) bond motifs is 8. The smallest absolute Gasteiger partial charge is 0.152 e. The van der Waals surface area contributed by atoms with Crippen LogP contribution in [0.15, 0.2) is 66.7 Å². The molecule has 0 spiro atoms. The number of nitrogens with one attached hydrogen (secondary N) is 2. The van der Waals surface area contributed by atoms with E-state index in [1.54, 1.807) is 0 Å². The van der Waals surface area contributed by atoms with Gasteiger partial charge in [0.15, 0.2) is 5.75 Å². The van der Waals surface area contributed by atoms with E-state index in [1.807, 2.05) is 24.3 Å². The second-order valence-corrected chi connectivity index (χ2v) is 10.7. The molecule has 0 saturated heterocycles. The zero-order valence-corrected chi connectivity index (χ0v) is 22.6. The molecule has 4 aromatic rings. The van der Waals surface area contributed by atoms with Crippen molar-refractivity contribution in [3.8, 4) is 16.9 Å². The van der Waals surface area contributed by atoms with Crippen molar-refractivity contribution in [1.82, 2.24) is 19.9 Å². The van der Waals surface area contributed by atoms with Crippen LogP contribution in [-0.4, -0.2) is 26.5 Å². The molecule has 0 aliphatic carbocycles. The Balaban J connectivity index is 1.52. The molecular formula is C34H34N4O. The first-order valence-electron chi connectivity index (χ1n) is 13.9. The minimum absolute atomic E-state index is 0.673. The number of rotatable bonds is 8. The third-order valence-corrected chi connectivity index (χ3v) is 7.03. The van der Waals surface area contributed by atoms with Gasteiger partial charge in [0.25, 0.3) is 0 Å². The number of hydrogen-bond acceptors (Lipinski definition) is 3. The maximum absolute atomic E-state index is 6.58. The van der Waals surface area contributed by atoms with Gasteiger partial charge in [-0.25, -0.2) is 9.97 Å². The number of unbranched alkanes of at least 4 members (excludes halogenated alkanes) is 2. The zero-order chi connectivity index (χ0) is 26.6. The lowest BCUT2D eigenvalue weighted by molar-refractivity contribution is 0.308. The second-order valence-electron chi connectivity index (χ2n) is 10.7. The zero-order valence-electron chi connectivity index (χ0n) is 22.6. The highest BCUT2D eigenvalue weighted by molar-refractivity contribution is 5.94. The van der Waals surface area contributed by atoms with Gasteiger partial charge in [0.1, 0.15) is 0 Å². The van der Waals surface area contributed by atoms with E-state index in [2.05, 4.69) is 90.6 Å². The van der Waals surface area contributed by atoms with Crippen molar-refractivity contribution < 1.29 is 4.74 Å². The molecule has 8 bridgehead atoms. The van der Waals surface area contributed by atoms with Gasteiger partial charge in [-0.15, -0.1) is 0 Å². The summed E-state index contributed by atoms with van der Waals surface area (Å²) < 4.78 is 6.58. The van der Waals surface area contributed by atoms with E-state index < -0.39 is 0 Å². The van der Waals surface area contributed by atoms with Crippen molar-refractivity contribution in [2.24, 2.45) is 5.92 Å². The van der Waals surface area contributed by atoms with Gasteiger partial charge < -0.3 is 14.7 Å². The predicted molar refractivity (Wildman–Crippen MR) is 163 cm³/mol. The minimum atomic E-state index is 0.673. The lowest BCUT2D eigenvalue weighted by Gasteiger charge is -2.09. The minimum Gasteiger partial charge on any atom is -0.491 e. The molecule has 5 nitrogen and oxygen atoms in total. The maximum atomic E-state index is 6.58. The molecule has 0 saturated carbocycles. The van der Waals surface area contributed by atoms with E-state index in [0.29, 0.717) is 6.61 Å². The average molecular weight is 515 g/mol. The summed E-state index contributed by atoms with van der Waals surface area (Å²) >= 11 is 0. The van der Waals surface area contributed by atoms with Crippen LogP contribution in [0.1, 0.15) is 62.3 Å². The van der Waals surface area contributed by atoms with E-state index in [9.17, 15) is 0 Å². The van der Waals surface area contributed by atoms with Gasteiger partial charge in [-0.2, -0.15) is 0 Å². The van der Waals surface area contributed by atoms with Crippen molar-refractivity contribution in [3.63, 3.8) is 0 Å². The SMILES string of the molecule is CC(C)CCCCCOc1c(-c2ccccc2)c2cc3nc(cc4ccc(cc5nc(cc1[nH]2)C=C5)[nH]4)C=C3. The first kappa shape index (κ1) is 24.9. The van der Waals surface area contributed by atoms with E-state index in [1.165, 1.54) is 19.3 Å². The topological polar surface area (TPSA) is 66.6 Å². The van der Waals surface area contributed by atoms with Crippen LogP contribution in [0.5, 0.6) is 5.75 Å². The molecule has 3 aromatic heterocycles. The van der Waals surface area contributed by atoms with E-state index in [4.69, 9.17) is 14.7 Å². The highest BCUT2D eigenvalue weighted by Crippen LogP contribution is 2.39. The maximum Gasteiger partial charge on any atom is 0.152 e. The van der Waals surface area contributed by atoms with E-state index in [0.717, 1.165) is 74.1 Å². The summed E-state index contributed by atoms with van der Waals surface area (Å²) in [5.74, 6) is 1.60. The molecule has 0 radical (unpaired) electrons. The number of aromatic amines is 2. The van der Waals surface area contributed by atoms with E-state index in [-0.39, 0.29) is 0 Å². The quantitative estimate of drug-likeness (QED) is 0.199. The molecule has 0 amide bonds. The Hall–Kier alpha value is -4.38. The second kappa shape index (κ2) is 11.2. The van der Waals surface area contributed by atoms with Crippen molar-refractivity contribution >= 4 is 46.4 Å². The molecule has 196 valence electrons. The highest BCUT2D eigenvalue weighted by Gasteiger charge is 2.16. The molecule has 2 aliphatic heterocycles.